The van der Waals surface area contributed by atoms with Crippen molar-refractivity contribution in [2.24, 2.45) is 0 Å². The van der Waals surface area contributed by atoms with E-state index in [9.17, 15) is 18.0 Å². The van der Waals surface area contributed by atoms with Crippen LogP contribution in [0.1, 0.15) is 32.1 Å². The topological polar surface area (TPSA) is 94.5 Å². The van der Waals surface area contributed by atoms with Crippen LogP contribution in [0.3, 0.4) is 0 Å². The van der Waals surface area contributed by atoms with Crippen molar-refractivity contribution in [2.75, 3.05) is 12.0 Å². The maximum atomic E-state index is 12.8. The van der Waals surface area contributed by atoms with Crippen LogP contribution in [-0.2, 0) is 9.84 Å². The molecule has 0 atom stereocenters. The van der Waals surface area contributed by atoms with Crippen LogP contribution in [0.5, 0.6) is 5.75 Å². The van der Waals surface area contributed by atoms with Gasteiger partial charge in [-0.05, 0) is 68.4 Å². The van der Waals surface area contributed by atoms with E-state index in [0.29, 0.717) is 28.3 Å². The molecule has 1 N–H and O–H groups in total. The smallest absolute Gasteiger partial charge is 0.270 e. The number of nitrogens with zero attached hydrogens (tertiary/aromatic N) is 1. The molecule has 4 aromatic rings. The van der Waals surface area contributed by atoms with Crippen LogP contribution in [0.15, 0.2) is 101 Å². The minimum Gasteiger partial charge on any atom is -0.485 e. The first kappa shape index (κ1) is 24.0. The van der Waals surface area contributed by atoms with Gasteiger partial charge < -0.3 is 4.74 Å². The molecule has 0 aliphatic heterocycles. The Kier molecular flexibility index (Phi) is 6.84. The lowest BCUT2D eigenvalue weighted by atomic mass is 10.1. The number of aromatic nitrogens is 1. The van der Waals surface area contributed by atoms with Crippen molar-refractivity contribution >= 4 is 21.5 Å². The molecule has 3 aromatic carbocycles. The van der Waals surface area contributed by atoms with Crippen LogP contribution in [0.4, 0.5) is 0 Å². The van der Waals surface area contributed by atoms with Crippen molar-refractivity contribution in [3.63, 3.8) is 0 Å². The number of amides is 1. The third kappa shape index (κ3) is 5.17. The standard InChI is InChI=1S/C27H24N2O5S/c1-19-17-25(20(2)29(19)28-27(31)21-9-5-3-6-10-21)26(30)18-34-22-13-15-24(16-14-22)35(32,33)23-11-7-4-8-12-23/h3-17H,18H2,1-2H3,(H,28,31). The van der Waals surface area contributed by atoms with E-state index in [-0.39, 0.29) is 28.1 Å². The Labute approximate surface area is 203 Å². The van der Waals surface area contributed by atoms with E-state index in [1.54, 1.807) is 67.1 Å². The molecule has 4 rings (SSSR count). The molecule has 0 spiro atoms. The zero-order valence-electron chi connectivity index (χ0n) is 19.3. The second kappa shape index (κ2) is 9.99. The largest absolute Gasteiger partial charge is 0.485 e. The van der Waals surface area contributed by atoms with E-state index in [2.05, 4.69) is 5.43 Å². The van der Waals surface area contributed by atoms with Gasteiger partial charge in [0.05, 0.1) is 9.79 Å². The number of Topliss-reactive ketones (excluding diaryl/α,β-unsaturated/α-hetero) is 1. The number of rotatable bonds is 8. The molecule has 0 fully saturated rings. The number of hydrogen-bond donors (Lipinski definition) is 1. The molecule has 35 heavy (non-hydrogen) atoms. The molecule has 0 radical (unpaired) electrons. The van der Waals surface area contributed by atoms with Gasteiger partial charge in [-0.3, -0.25) is 19.7 Å². The quantitative estimate of drug-likeness (QED) is 0.366. The fourth-order valence-corrected chi connectivity index (χ4v) is 4.93. The lowest BCUT2D eigenvalue weighted by Gasteiger charge is -2.12. The second-order valence-corrected chi connectivity index (χ2v) is 9.88. The highest BCUT2D eigenvalue weighted by Gasteiger charge is 2.19. The van der Waals surface area contributed by atoms with Crippen molar-refractivity contribution in [3.8, 4) is 5.75 Å². The zero-order valence-corrected chi connectivity index (χ0v) is 20.1. The number of carbonyl (C=O) groups is 2. The molecule has 0 saturated heterocycles. The van der Waals surface area contributed by atoms with E-state index in [1.807, 2.05) is 6.07 Å². The maximum Gasteiger partial charge on any atom is 0.270 e. The average molecular weight is 489 g/mol. The molecule has 7 nitrogen and oxygen atoms in total. The van der Waals surface area contributed by atoms with Gasteiger partial charge in [0.15, 0.2) is 6.61 Å². The van der Waals surface area contributed by atoms with Crippen LogP contribution < -0.4 is 10.2 Å². The van der Waals surface area contributed by atoms with Gasteiger partial charge in [0, 0.05) is 22.5 Å². The first-order valence-electron chi connectivity index (χ1n) is 10.9. The Bertz CT molecular complexity index is 1460. The zero-order chi connectivity index (χ0) is 25.0. The molecule has 1 aromatic heterocycles. The van der Waals surface area contributed by atoms with Crippen molar-refractivity contribution < 1.29 is 22.7 Å². The maximum absolute atomic E-state index is 12.8. The molecule has 178 valence electrons. The van der Waals surface area contributed by atoms with Crippen molar-refractivity contribution in [2.45, 2.75) is 23.6 Å². The number of sulfone groups is 1. The summed E-state index contributed by atoms with van der Waals surface area (Å²) in [6.45, 7) is 3.30. The van der Waals surface area contributed by atoms with E-state index >= 15 is 0 Å². The molecule has 1 heterocycles. The third-order valence-electron chi connectivity index (χ3n) is 5.54. The van der Waals surface area contributed by atoms with Crippen molar-refractivity contribution in [1.29, 1.82) is 0 Å². The van der Waals surface area contributed by atoms with Crippen LogP contribution >= 0.6 is 0 Å². The summed E-state index contributed by atoms with van der Waals surface area (Å²) < 4.78 is 32.6. The van der Waals surface area contributed by atoms with Gasteiger partial charge in [-0.25, -0.2) is 8.42 Å². The average Bonchev–Trinajstić information content (AvgIpc) is 3.17. The first-order valence-corrected chi connectivity index (χ1v) is 12.4. The Morgan fingerprint density at radius 2 is 1.40 bits per heavy atom. The summed E-state index contributed by atoms with van der Waals surface area (Å²) in [5, 5.41) is 0. The van der Waals surface area contributed by atoms with Gasteiger partial charge in [0.2, 0.25) is 15.6 Å². The summed E-state index contributed by atoms with van der Waals surface area (Å²) >= 11 is 0. The summed E-state index contributed by atoms with van der Waals surface area (Å²) in [5.41, 5.74) is 5.03. The van der Waals surface area contributed by atoms with Gasteiger partial charge in [-0.1, -0.05) is 36.4 Å². The summed E-state index contributed by atoms with van der Waals surface area (Å²) in [4.78, 5) is 25.7. The van der Waals surface area contributed by atoms with Crippen LogP contribution in [0.2, 0.25) is 0 Å². The molecule has 0 bridgehead atoms. The van der Waals surface area contributed by atoms with Gasteiger partial charge in [0.1, 0.15) is 5.75 Å². The number of ether oxygens (including phenoxy) is 1. The number of carbonyl (C=O) groups excluding carboxylic acids is 2. The van der Waals surface area contributed by atoms with Gasteiger partial charge in [0.25, 0.3) is 5.91 Å². The second-order valence-electron chi connectivity index (χ2n) is 7.93. The molecular formula is C27H24N2O5S. The van der Waals surface area contributed by atoms with E-state index in [4.69, 9.17) is 4.74 Å². The Morgan fingerprint density at radius 1 is 0.829 bits per heavy atom. The number of benzene rings is 3. The summed E-state index contributed by atoms with van der Waals surface area (Å²) in [5.74, 6) is -0.177. The molecule has 0 saturated carbocycles. The van der Waals surface area contributed by atoms with Crippen LogP contribution in [0.25, 0.3) is 0 Å². The fraction of sp³-hybridized carbons (Fsp3) is 0.111. The minimum absolute atomic E-state index is 0.139. The predicted molar refractivity (Wildman–Crippen MR) is 132 cm³/mol. The van der Waals surface area contributed by atoms with Crippen LogP contribution in [-0.4, -0.2) is 31.4 Å². The van der Waals surface area contributed by atoms with Crippen LogP contribution in [0, 0.1) is 13.8 Å². The summed E-state index contributed by atoms with van der Waals surface area (Å²) in [6, 6.07) is 24.6. The lowest BCUT2D eigenvalue weighted by molar-refractivity contribution is 0.0919. The van der Waals surface area contributed by atoms with E-state index in [1.165, 1.54) is 36.4 Å². The molecular weight excluding hydrogens is 464 g/mol. The summed E-state index contributed by atoms with van der Waals surface area (Å²) in [7, 11) is -3.63. The molecule has 1 amide bonds. The minimum atomic E-state index is -3.63. The third-order valence-corrected chi connectivity index (χ3v) is 7.32. The highest BCUT2D eigenvalue weighted by Crippen LogP contribution is 2.23. The number of aryl methyl sites for hydroxylation is 1. The Hall–Kier alpha value is -4.17. The van der Waals surface area contributed by atoms with E-state index < -0.39 is 9.84 Å². The number of nitrogens with one attached hydrogen (secondary N) is 1. The van der Waals surface area contributed by atoms with Gasteiger partial charge in [-0.2, -0.15) is 0 Å². The fourth-order valence-electron chi connectivity index (χ4n) is 3.65. The molecule has 8 heteroatoms. The molecule has 0 aliphatic carbocycles. The number of hydrogen-bond acceptors (Lipinski definition) is 5. The monoisotopic (exact) mass is 488 g/mol. The molecule has 0 aliphatic rings. The number of ketones is 1. The Balaban J connectivity index is 1.43. The van der Waals surface area contributed by atoms with Gasteiger partial charge in [-0.15, -0.1) is 0 Å². The van der Waals surface area contributed by atoms with E-state index in [0.717, 1.165) is 0 Å². The van der Waals surface area contributed by atoms with Gasteiger partial charge >= 0.3 is 0 Å². The highest BCUT2D eigenvalue weighted by atomic mass is 32.2. The normalized spacial score (nSPS) is 11.1. The van der Waals surface area contributed by atoms with Crippen molar-refractivity contribution in [3.05, 3.63) is 114 Å². The summed E-state index contributed by atoms with van der Waals surface area (Å²) in [6.07, 6.45) is 0. The predicted octanol–water partition coefficient (Wildman–Crippen LogP) is 4.58. The lowest BCUT2D eigenvalue weighted by Crippen LogP contribution is -2.25. The SMILES string of the molecule is Cc1cc(C(=O)COc2ccc(S(=O)(=O)c3ccccc3)cc2)c(C)n1NC(=O)c1ccccc1. The Morgan fingerprint density at radius 3 is 2.03 bits per heavy atom. The highest BCUT2D eigenvalue weighted by molar-refractivity contribution is 7.91. The molecule has 0 unspecified atom stereocenters. The first-order chi connectivity index (χ1) is 16.8. The van der Waals surface area contributed by atoms with Crippen molar-refractivity contribution in [1.82, 2.24) is 4.68 Å².